The molecule has 2 aliphatic rings. The third-order valence-electron chi connectivity index (χ3n) is 8.64. The summed E-state index contributed by atoms with van der Waals surface area (Å²) in [4.78, 5) is 16.5. The Morgan fingerprint density at radius 2 is 1.88 bits per heavy atom. The van der Waals surface area contributed by atoms with Crippen LogP contribution in [0.1, 0.15) is 60.3 Å². The third-order valence-corrected chi connectivity index (χ3v) is 8.64. The molecule has 5 N–H and O–H groups in total. The van der Waals surface area contributed by atoms with E-state index in [0.29, 0.717) is 12.0 Å². The molecule has 0 spiro atoms. The molecule has 7 atom stereocenters. The lowest BCUT2D eigenvalue weighted by molar-refractivity contribution is -0.131. The topological polar surface area (TPSA) is 128 Å². The molecule has 1 amide bonds. The summed E-state index contributed by atoms with van der Waals surface area (Å²) in [6, 6.07) is -1.20. The van der Waals surface area contributed by atoms with Gasteiger partial charge in [0.05, 0.1) is 31.9 Å². The number of nitrogens with zero attached hydrogens (tertiary/aromatic N) is 2. The molecular weight excluding hydrogens is 536 g/mol. The molecule has 10 heteroatoms. The van der Waals surface area contributed by atoms with Gasteiger partial charge in [-0.15, -0.1) is 0 Å². The highest BCUT2D eigenvalue weighted by Crippen LogP contribution is 2.47. The standard InChI is InChI=1S/C32H45BFN3O5/c1-20(8-6-9-21(2)18-24(38)36-27-25(33)28(39)26(34)29(40)30(27)41)10-11-23-22(3)32(42,14-13-31(23,4)5)12-7-16-37-17-15-35-19-37/h6,8-11,15,17-19,25-30,39-42H,7,12-14,16H2,1-5H3,(H,36,38)/b9-6+,11-10+,20-8+,21-18+. The second-order valence-electron chi connectivity index (χ2n) is 12.4. The number of allylic oxidation sites excluding steroid dienone is 8. The number of nitrogens with one attached hydrogen (secondary N) is 1. The predicted molar refractivity (Wildman–Crippen MR) is 162 cm³/mol. The molecular formula is C32H45BFN3O5. The van der Waals surface area contributed by atoms with Crippen molar-refractivity contribution in [3.63, 3.8) is 0 Å². The van der Waals surface area contributed by atoms with Crippen LogP contribution in [0.15, 0.2) is 77.5 Å². The average molecular weight is 582 g/mol. The largest absolute Gasteiger partial charge is 0.390 e. The summed E-state index contributed by atoms with van der Waals surface area (Å²) < 4.78 is 15.9. The molecule has 3 rings (SSSR count). The van der Waals surface area contributed by atoms with Gasteiger partial charge in [-0.3, -0.25) is 4.79 Å². The highest BCUT2D eigenvalue weighted by atomic mass is 19.1. The maximum absolute atomic E-state index is 13.8. The normalized spacial score (nSPS) is 32.6. The monoisotopic (exact) mass is 581 g/mol. The predicted octanol–water partition coefficient (Wildman–Crippen LogP) is 3.41. The summed E-state index contributed by atoms with van der Waals surface area (Å²) in [5, 5.41) is 43.7. The molecule has 1 fully saturated rings. The van der Waals surface area contributed by atoms with E-state index in [1.165, 1.54) is 6.08 Å². The van der Waals surface area contributed by atoms with Crippen LogP contribution < -0.4 is 5.32 Å². The lowest BCUT2D eigenvalue weighted by Gasteiger charge is -2.43. The van der Waals surface area contributed by atoms with E-state index in [1.54, 1.807) is 31.6 Å². The number of carbonyl (C=O) groups is 1. The number of aryl methyl sites for hydroxylation is 1. The van der Waals surface area contributed by atoms with Gasteiger partial charge >= 0.3 is 0 Å². The van der Waals surface area contributed by atoms with Crippen molar-refractivity contribution >= 4 is 13.8 Å². The fourth-order valence-electron chi connectivity index (χ4n) is 5.76. The number of amides is 1. The number of hydrogen-bond donors (Lipinski definition) is 5. The number of aliphatic hydroxyl groups is 4. The fourth-order valence-corrected chi connectivity index (χ4v) is 5.76. The smallest absolute Gasteiger partial charge is 0.244 e. The number of carbonyl (C=O) groups excluding carboxylic acids is 1. The van der Waals surface area contributed by atoms with Crippen molar-refractivity contribution in [2.45, 2.75) is 109 Å². The van der Waals surface area contributed by atoms with Crippen LogP contribution in [0.4, 0.5) is 4.39 Å². The molecule has 2 radical (unpaired) electrons. The van der Waals surface area contributed by atoms with Gasteiger partial charge in [-0.2, -0.15) is 0 Å². The summed E-state index contributed by atoms with van der Waals surface area (Å²) in [5.41, 5.74) is 2.84. The highest BCUT2D eigenvalue weighted by Gasteiger charge is 2.48. The number of alkyl halides is 1. The van der Waals surface area contributed by atoms with E-state index >= 15 is 0 Å². The van der Waals surface area contributed by atoms with Crippen molar-refractivity contribution in [1.82, 2.24) is 14.9 Å². The van der Waals surface area contributed by atoms with Crippen LogP contribution in [-0.4, -0.2) is 79.9 Å². The van der Waals surface area contributed by atoms with Gasteiger partial charge in [0.25, 0.3) is 0 Å². The van der Waals surface area contributed by atoms with Gasteiger partial charge in [-0.05, 0) is 74.4 Å². The molecule has 8 nitrogen and oxygen atoms in total. The van der Waals surface area contributed by atoms with Crippen molar-refractivity contribution in [2.24, 2.45) is 5.41 Å². The Hall–Kier alpha value is -2.79. The summed E-state index contributed by atoms with van der Waals surface area (Å²) in [6.45, 7) is 10.9. The van der Waals surface area contributed by atoms with Crippen molar-refractivity contribution in [3.05, 3.63) is 77.5 Å². The Balaban J connectivity index is 1.63. The second kappa shape index (κ2) is 14.1. The van der Waals surface area contributed by atoms with E-state index in [1.807, 2.05) is 36.8 Å². The SMILES string of the molecule is [B]C1C(O)C(F)C(O)C(O)C1NC(=O)/C=C(C)/C=C/C=C(C)/C=C/C1=C(C)C(O)(CCCn2ccnc2)CCC1(C)C. The fraction of sp³-hybridized carbons (Fsp3) is 0.562. The van der Waals surface area contributed by atoms with Gasteiger partial charge in [-0.1, -0.05) is 49.8 Å². The molecule has 228 valence electrons. The number of hydrogen-bond acceptors (Lipinski definition) is 6. The molecule has 1 saturated carbocycles. The van der Waals surface area contributed by atoms with E-state index in [-0.39, 0.29) is 5.41 Å². The van der Waals surface area contributed by atoms with Crippen LogP contribution in [0.5, 0.6) is 0 Å². The Bertz CT molecular complexity index is 1220. The van der Waals surface area contributed by atoms with Crippen molar-refractivity contribution in [1.29, 1.82) is 0 Å². The zero-order valence-corrected chi connectivity index (χ0v) is 25.2. The zero-order valence-electron chi connectivity index (χ0n) is 25.2. The van der Waals surface area contributed by atoms with Crippen LogP contribution in [0.2, 0.25) is 5.82 Å². The molecule has 1 heterocycles. The molecule has 0 bridgehead atoms. The molecule has 2 aliphatic carbocycles. The van der Waals surface area contributed by atoms with Gasteiger partial charge < -0.3 is 30.3 Å². The minimum Gasteiger partial charge on any atom is -0.390 e. The number of aromatic nitrogens is 2. The first-order valence-electron chi connectivity index (χ1n) is 14.5. The van der Waals surface area contributed by atoms with Crippen molar-refractivity contribution < 1.29 is 29.6 Å². The molecule has 1 aromatic heterocycles. The van der Waals surface area contributed by atoms with Gasteiger partial charge in [0.2, 0.25) is 5.91 Å². The molecule has 0 aliphatic heterocycles. The summed E-state index contributed by atoms with van der Waals surface area (Å²) in [6.07, 6.45) is 12.2. The third kappa shape index (κ3) is 8.19. The van der Waals surface area contributed by atoms with Crippen LogP contribution in [0.3, 0.4) is 0 Å². The van der Waals surface area contributed by atoms with Crippen LogP contribution in [0, 0.1) is 5.41 Å². The Labute approximate surface area is 249 Å². The first-order valence-corrected chi connectivity index (χ1v) is 14.5. The van der Waals surface area contributed by atoms with Gasteiger partial charge in [0.1, 0.15) is 12.2 Å². The quantitative estimate of drug-likeness (QED) is 0.164. The molecule has 0 saturated heterocycles. The first kappa shape index (κ1) is 33.7. The highest BCUT2D eigenvalue weighted by molar-refractivity contribution is 6.13. The van der Waals surface area contributed by atoms with E-state index in [0.717, 1.165) is 42.5 Å². The van der Waals surface area contributed by atoms with Gasteiger partial charge in [0.15, 0.2) is 6.17 Å². The number of imidazole rings is 1. The van der Waals surface area contributed by atoms with E-state index in [9.17, 15) is 29.6 Å². The Morgan fingerprint density at radius 1 is 1.17 bits per heavy atom. The molecule has 0 aromatic carbocycles. The Kier molecular flexibility index (Phi) is 11.3. The lowest BCUT2D eigenvalue weighted by Crippen LogP contribution is -2.62. The van der Waals surface area contributed by atoms with E-state index in [2.05, 4.69) is 30.2 Å². The Morgan fingerprint density at radius 3 is 2.55 bits per heavy atom. The zero-order chi connectivity index (χ0) is 31.2. The molecule has 42 heavy (non-hydrogen) atoms. The maximum Gasteiger partial charge on any atom is 0.244 e. The minimum absolute atomic E-state index is 0.0639. The van der Waals surface area contributed by atoms with E-state index < -0.39 is 47.9 Å². The summed E-state index contributed by atoms with van der Waals surface area (Å²) in [7, 11) is 5.78. The van der Waals surface area contributed by atoms with Crippen molar-refractivity contribution in [2.75, 3.05) is 0 Å². The van der Waals surface area contributed by atoms with Crippen LogP contribution >= 0.6 is 0 Å². The number of rotatable bonds is 10. The van der Waals surface area contributed by atoms with Gasteiger partial charge in [-0.25, -0.2) is 9.37 Å². The minimum atomic E-state index is -2.10. The average Bonchev–Trinajstić information content (AvgIpc) is 3.45. The first-order chi connectivity index (χ1) is 19.7. The molecule has 1 aromatic rings. The van der Waals surface area contributed by atoms with Crippen LogP contribution in [0.25, 0.3) is 0 Å². The van der Waals surface area contributed by atoms with E-state index in [4.69, 9.17) is 7.85 Å². The number of halogens is 1. The van der Waals surface area contributed by atoms with Crippen molar-refractivity contribution in [3.8, 4) is 0 Å². The summed E-state index contributed by atoms with van der Waals surface area (Å²) >= 11 is 0. The maximum atomic E-state index is 13.8. The van der Waals surface area contributed by atoms with Crippen LogP contribution in [-0.2, 0) is 11.3 Å². The lowest BCUT2D eigenvalue weighted by atomic mass is 9.66. The molecule has 7 unspecified atom stereocenters. The van der Waals surface area contributed by atoms with Gasteiger partial charge in [0, 0.05) is 25.0 Å². The second-order valence-corrected chi connectivity index (χ2v) is 12.4. The summed E-state index contributed by atoms with van der Waals surface area (Å²) in [5.74, 6) is -1.86. The number of aliphatic hydroxyl groups excluding tert-OH is 3.